The second-order valence-corrected chi connectivity index (χ2v) is 5.31. The van der Waals surface area contributed by atoms with E-state index in [1.54, 1.807) is 7.11 Å². The zero-order valence-corrected chi connectivity index (χ0v) is 11.3. The molecule has 19 heavy (non-hydrogen) atoms. The number of methoxy groups -OCH3 is 1. The molecule has 1 saturated heterocycles. The van der Waals surface area contributed by atoms with E-state index >= 15 is 0 Å². The highest BCUT2D eigenvalue weighted by atomic mass is 16.5. The summed E-state index contributed by atoms with van der Waals surface area (Å²) in [6.07, 6.45) is 2.38. The van der Waals surface area contributed by atoms with Gasteiger partial charge >= 0.3 is 0 Å². The normalized spacial score (nSPS) is 28.4. The third kappa shape index (κ3) is 2.10. The summed E-state index contributed by atoms with van der Waals surface area (Å²) in [6, 6.07) is 5.83. The lowest BCUT2D eigenvalue weighted by Crippen LogP contribution is -2.53. The summed E-state index contributed by atoms with van der Waals surface area (Å²) in [6.45, 7) is 2.75. The van der Waals surface area contributed by atoms with Crippen LogP contribution in [0.1, 0.15) is 28.8 Å². The van der Waals surface area contributed by atoms with Crippen LogP contribution in [0, 0.1) is 12.8 Å². The van der Waals surface area contributed by atoms with Crippen molar-refractivity contribution in [2.75, 3.05) is 13.7 Å². The first-order valence-corrected chi connectivity index (χ1v) is 6.76. The Morgan fingerprint density at radius 2 is 2.32 bits per heavy atom. The average Bonchev–Trinajstić information content (AvgIpc) is 2.77. The predicted molar refractivity (Wildman–Crippen MR) is 71.4 cm³/mol. The number of nitrogens with one attached hydrogen (secondary N) is 1. The van der Waals surface area contributed by atoms with Gasteiger partial charge in [0.25, 0.3) is 5.91 Å². The number of hydrogen-bond acceptors (Lipinski definition) is 3. The van der Waals surface area contributed by atoms with Crippen LogP contribution < -0.4 is 10.1 Å². The molecule has 102 valence electrons. The SMILES string of the molecule is COc1cccc(C(=O)N[C@H]2C[C@@H]3OCC[C@H]23)c1C. The van der Waals surface area contributed by atoms with Crippen molar-refractivity contribution in [3.8, 4) is 5.75 Å². The molecule has 1 aromatic rings. The van der Waals surface area contributed by atoms with E-state index in [1.807, 2.05) is 25.1 Å². The second kappa shape index (κ2) is 4.85. The first-order chi connectivity index (χ1) is 9.20. The van der Waals surface area contributed by atoms with Gasteiger partial charge in [-0.15, -0.1) is 0 Å². The van der Waals surface area contributed by atoms with Gasteiger partial charge in [-0.05, 0) is 31.9 Å². The van der Waals surface area contributed by atoms with Gasteiger partial charge in [-0.3, -0.25) is 4.79 Å². The molecule has 3 atom stereocenters. The van der Waals surface area contributed by atoms with Gasteiger partial charge in [0.1, 0.15) is 5.75 Å². The van der Waals surface area contributed by atoms with E-state index in [0.717, 1.165) is 30.8 Å². The molecule has 0 radical (unpaired) electrons. The van der Waals surface area contributed by atoms with Crippen molar-refractivity contribution in [2.45, 2.75) is 31.9 Å². The largest absolute Gasteiger partial charge is 0.496 e. The molecule has 0 spiro atoms. The molecule has 1 aliphatic heterocycles. The molecule has 0 bridgehead atoms. The van der Waals surface area contributed by atoms with Crippen molar-refractivity contribution >= 4 is 5.91 Å². The Labute approximate surface area is 113 Å². The molecular formula is C15H19NO3. The third-order valence-electron chi connectivity index (χ3n) is 4.33. The molecule has 4 nitrogen and oxygen atoms in total. The molecule has 1 aliphatic carbocycles. The lowest BCUT2D eigenvalue weighted by Gasteiger charge is -2.39. The number of carbonyl (C=O) groups excluding carboxylic acids is 1. The zero-order chi connectivity index (χ0) is 13.4. The Balaban J connectivity index is 1.71. The van der Waals surface area contributed by atoms with Gasteiger partial charge in [0.05, 0.1) is 13.2 Å². The molecule has 1 aromatic carbocycles. The van der Waals surface area contributed by atoms with Crippen LogP contribution in [0.3, 0.4) is 0 Å². The smallest absolute Gasteiger partial charge is 0.251 e. The van der Waals surface area contributed by atoms with E-state index in [-0.39, 0.29) is 11.9 Å². The maximum Gasteiger partial charge on any atom is 0.251 e. The Hall–Kier alpha value is -1.55. The molecule has 0 unspecified atom stereocenters. The van der Waals surface area contributed by atoms with Crippen molar-refractivity contribution in [2.24, 2.45) is 5.92 Å². The summed E-state index contributed by atoms with van der Waals surface area (Å²) >= 11 is 0. The lowest BCUT2D eigenvalue weighted by molar-refractivity contribution is 0.00809. The van der Waals surface area contributed by atoms with Crippen LogP contribution in [0.15, 0.2) is 18.2 Å². The fourth-order valence-corrected chi connectivity index (χ4v) is 3.09. The number of rotatable bonds is 3. The van der Waals surface area contributed by atoms with Crippen molar-refractivity contribution in [3.05, 3.63) is 29.3 Å². The van der Waals surface area contributed by atoms with Gasteiger partial charge < -0.3 is 14.8 Å². The van der Waals surface area contributed by atoms with Crippen LogP contribution >= 0.6 is 0 Å². The fraction of sp³-hybridized carbons (Fsp3) is 0.533. The van der Waals surface area contributed by atoms with Gasteiger partial charge in [0.15, 0.2) is 0 Å². The molecule has 1 heterocycles. The molecular weight excluding hydrogens is 242 g/mol. The van der Waals surface area contributed by atoms with Crippen LogP contribution in [-0.4, -0.2) is 31.8 Å². The number of amides is 1. The summed E-state index contributed by atoms with van der Waals surface area (Å²) in [4.78, 5) is 12.3. The summed E-state index contributed by atoms with van der Waals surface area (Å²) in [5.41, 5.74) is 1.59. The minimum Gasteiger partial charge on any atom is -0.496 e. The van der Waals surface area contributed by atoms with Crippen LogP contribution in [0.5, 0.6) is 5.75 Å². The highest BCUT2D eigenvalue weighted by Crippen LogP contribution is 2.38. The maximum atomic E-state index is 12.3. The maximum absolute atomic E-state index is 12.3. The summed E-state index contributed by atoms with van der Waals surface area (Å²) in [7, 11) is 1.62. The Kier molecular flexibility index (Phi) is 3.19. The van der Waals surface area contributed by atoms with Crippen molar-refractivity contribution in [1.29, 1.82) is 0 Å². The van der Waals surface area contributed by atoms with E-state index < -0.39 is 0 Å². The number of hydrogen-bond donors (Lipinski definition) is 1. The van der Waals surface area contributed by atoms with Crippen LogP contribution in [0.4, 0.5) is 0 Å². The third-order valence-corrected chi connectivity index (χ3v) is 4.33. The van der Waals surface area contributed by atoms with E-state index in [4.69, 9.17) is 9.47 Å². The molecule has 1 saturated carbocycles. The van der Waals surface area contributed by atoms with Gasteiger partial charge in [-0.25, -0.2) is 0 Å². The van der Waals surface area contributed by atoms with Crippen molar-refractivity contribution in [1.82, 2.24) is 5.32 Å². The highest BCUT2D eigenvalue weighted by molar-refractivity contribution is 5.96. The molecule has 3 rings (SSSR count). The van der Waals surface area contributed by atoms with Gasteiger partial charge in [0, 0.05) is 29.7 Å². The molecule has 0 aromatic heterocycles. The van der Waals surface area contributed by atoms with Gasteiger partial charge in [-0.1, -0.05) is 6.07 Å². The highest BCUT2D eigenvalue weighted by Gasteiger charge is 2.45. The van der Waals surface area contributed by atoms with Crippen LogP contribution in [0.25, 0.3) is 0 Å². The standard InChI is InChI=1S/C15H19NO3/c1-9-10(4-3-5-13(9)18-2)15(17)16-12-8-14-11(12)6-7-19-14/h3-5,11-12,14H,6-8H2,1-2H3,(H,16,17)/t11-,12+,14+/m1/s1. The summed E-state index contributed by atoms with van der Waals surface area (Å²) in [5, 5.41) is 3.12. The lowest BCUT2D eigenvalue weighted by atomic mass is 9.76. The molecule has 1 N–H and O–H groups in total. The molecule has 2 fully saturated rings. The van der Waals surface area contributed by atoms with Crippen LogP contribution in [-0.2, 0) is 4.74 Å². The topological polar surface area (TPSA) is 47.6 Å². The summed E-state index contributed by atoms with van der Waals surface area (Å²) in [5.74, 6) is 1.25. The predicted octanol–water partition coefficient (Wildman–Crippen LogP) is 1.91. The second-order valence-electron chi connectivity index (χ2n) is 5.31. The van der Waals surface area contributed by atoms with E-state index in [9.17, 15) is 4.79 Å². The minimum atomic E-state index is -0.00764. The van der Waals surface area contributed by atoms with Crippen molar-refractivity contribution in [3.63, 3.8) is 0 Å². The number of carbonyl (C=O) groups is 1. The average molecular weight is 261 g/mol. The Bertz CT molecular complexity index is 500. The molecule has 2 aliphatic rings. The van der Waals surface area contributed by atoms with Crippen LogP contribution in [0.2, 0.25) is 0 Å². The van der Waals surface area contributed by atoms with E-state index in [0.29, 0.717) is 17.6 Å². The summed E-state index contributed by atoms with van der Waals surface area (Å²) < 4.78 is 10.8. The monoisotopic (exact) mass is 261 g/mol. The first kappa shape index (κ1) is 12.5. The van der Waals surface area contributed by atoms with E-state index in [2.05, 4.69) is 5.32 Å². The number of fused-ring (bicyclic) bond motifs is 1. The number of benzene rings is 1. The Morgan fingerprint density at radius 3 is 3.05 bits per heavy atom. The fourth-order valence-electron chi connectivity index (χ4n) is 3.09. The quantitative estimate of drug-likeness (QED) is 0.904. The Morgan fingerprint density at radius 1 is 1.47 bits per heavy atom. The minimum absolute atomic E-state index is 0.00764. The molecule has 1 amide bonds. The molecule has 4 heteroatoms. The first-order valence-electron chi connectivity index (χ1n) is 6.76. The van der Waals surface area contributed by atoms with Crippen molar-refractivity contribution < 1.29 is 14.3 Å². The van der Waals surface area contributed by atoms with Gasteiger partial charge in [0.2, 0.25) is 0 Å². The number of ether oxygens (including phenoxy) is 2. The van der Waals surface area contributed by atoms with Gasteiger partial charge in [-0.2, -0.15) is 0 Å². The zero-order valence-electron chi connectivity index (χ0n) is 11.3. The van der Waals surface area contributed by atoms with E-state index in [1.165, 1.54) is 0 Å².